The number of nitrogens with two attached hydrogens (primary N) is 1. The highest BCUT2D eigenvalue weighted by atomic mass is 16.5. The van der Waals surface area contributed by atoms with Crippen LogP contribution in [0.25, 0.3) is 0 Å². The molecule has 1 atom stereocenters. The standard InChI is InChI=1S/C18H22N2O2/c1-20(13-14-8-10-16(22-2)11-9-14)18(21)12-17(19)15-6-4-3-5-7-15/h3-11,17H,12-13,19H2,1-2H3. The fourth-order valence-electron chi connectivity index (χ4n) is 2.26. The number of carbonyl (C=O) groups excluding carboxylic acids is 1. The van der Waals surface area contributed by atoms with Crippen LogP contribution in [0.5, 0.6) is 5.75 Å². The van der Waals surface area contributed by atoms with Crippen LogP contribution in [-0.2, 0) is 11.3 Å². The highest BCUT2D eigenvalue weighted by Gasteiger charge is 2.15. The minimum atomic E-state index is -0.271. The molecule has 116 valence electrons. The van der Waals surface area contributed by atoms with Gasteiger partial charge in [-0.25, -0.2) is 0 Å². The second kappa shape index (κ2) is 7.61. The van der Waals surface area contributed by atoms with Crippen molar-refractivity contribution in [3.8, 4) is 5.75 Å². The van der Waals surface area contributed by atoms with Gasteiger partial charge in [0, 0.05) is 26.1 Å². The van der Waals surface area contributed by atoms with E-state index in [-0.39, 0.29) is 11.9 Å². The van der Waals surface area contributed by atoms with Gasteiger partial charge in [-0.15, -0.1) is 0 Å². The molecule has 2 rings (SSSR count). The zero-order valence-electron chi connectivity index (χ0n) is 13.0. The van der Waals surface area contributed by atoms with Crippen molar-refractivity contribution in [3.05, 3.63) is 65.7 Å². The third-order valence-electron chi connectivity index (χ3n) is 3.63. The van der Waals surface area contributed by atoms with Crippen LogP contribution in [0.15, 0.2) is 54.6 Å². The van der Waals surface area contributed by atoms with Gasteiger partial charge < -0.3 is 15.4 Å². The van der Waals surface area contributed by atoms with Crippen molar-refractivity contribution in [2.24, 2.45) is 5.73 Å². The zero-order chi connectivity index (χ0) is 15.9. The van der Waals surface area contributed by atoms with Gasteiger partial charge in [0.1, 0.15) is 5.75 Å². The van der Waals surface area contributed by atoms with Crippen LogP contribution in [-0.4, -0.2) is 25.0 Å². The molecule has 1 unspecified atom stereocenters. The molecule has 0 heterocycles. The molecule has 4 heteroatoms. The molecule has 2 aromatic rings. The molecule has 0 saturated carbocycles. The molecule has 0 radical (unpaired) electrons. The summed E-state index contributed by atoms with van der Waals surface area (Å²) < 4.78 is 5.13. The Hall–Kier alpha value is -2.33. The van der Waals surface area contributed by atoms with Crippen molar-refractivity contribution in [1.29, 1.82) is 0 Å². The minimum Gasteiger partial charge on any atom is -0.497 e. The molecule has 0 aliphatic rings. The number of nitrogens with zero attached hydrogens (tertiary/aromatic N) is 1. The Balaban J connectivity index is 1.91. The van der Waals surface area contributed by atoms with Gasteiger partial charge in [0.15, 0.2) is 0 Å². The Bertz CT molecular complexity index is 596. The number of amides is 1. The maximum absolute atomic E-state index is 12.3. The first-order chi connectivity index (χ1) is 10.6. The van der Waals surface area contributed by atoms with Gasteiger partial charge in [-0.1, -0.05) is 42.5 Å². The number of hydrogen-bond acceptors (Lipinski definition) is 3. The van der Waals surface area contributed by atoms with Crippen molar-refractivity contribution >= 4 is 5.91 Å². The van der Waals surface area contributed by atoms with Crippen molar-refractivity contribution in [3.63, 3.8) is 0 Å². The SMILES string of the molecule is COc1ccc(CN(C)C(=O)CC(N)c2ccccc2)cc1. The first-order valence-electron chi connectivity index (χ1n) is 7.27. The number of hydrogen-bond donors (Lipinski definition) is 1. The van der Waals surface area contributed by atoms with Gasteiger partial charge in [-0.3, -0.25) is 4.79 Å². The third kappa shape index (κ3) is 4.33. The summed E-state index contributed by atoms with van der Waals surface area (Å²) in [5, 5.41) is 0. The van der Waals surface area contributed by atoms with E-state index in [1.165, 1.54) is 0 Å². The maximum Gasteiger partial charge on any atom is 0.224 e. The van der Waals surface area contributed by atoms with Crippen molar-refractivity contribution in [1.82, 2.24) is 4.90 Å². The number of methoxy groups -OCH3 is 1. The molecule has 22 heavy (non-hydrogen) atoms. The lowest BCUT2D eigenvalue weighted by Gasteiger charge is -2.20. The number of ether oxygens (including phenoxy) is 1. The van der Waals surface area contributed by atoms with Crippen LogP contribution in [0.1, 0.15) is 23.6 Å². The number of benzene rings is 2. The van der Waals surface area contributed by atoms with E-state index in [4.69, 9.17) is 10.5 Å². The Morgan fingerprint density at radius 2 is 1.77 bits per heavy atom. The monoisotopic (exact) mass is 298 g/mol. The number of rotatable bonds is 6. The normalized spacial score (nSPS) is 11.8. The summed E-state index contributed by atoms with van der Waals surface area (Å²) in [6, 6.07) is 17.1. The second-order valence-electron chi connectivity index (χ2n) is 5.32. The summed E-state index contributed by atoms with van der Waals surface area (Å²) in [5.41, 5.74) is 8.14. The summed E-state index contributed by atoms with van der Waals surface area (Å²) in [6.45, 7) is 0.560. The molecule has 0 aliphatic carbocycles. The molecule has 0 fully saturated rings. The fraction of sp³-hybridized carbons (Fsp3) is 0.278. The van der Waals surface area contributed by atoms with Crippen LogP contribution in [0.4, 0.5) is 0 Å². The maximum atomic E-state index is 12.3. The van der Waals surface area contributed by atoms with E-state index in [1.807, 2.05) is 54.6 Å². The predicted octanol–water partition coefficient (Wildman–Crippen LogP) is 2.74. The third-order valence-corrected chi connectivity index (χ3v) is 3.63. The van der Waals surface area contributed by atoms with Crippen molar-refractivity contribution < 1.29 is 9.53 Å². The van der Waals surface area contributed by atoms with Crippen LogP contribution in [0, 0.1) is 0 Å². The smallest absolute Gasteiger partial charge is 0.224 e. The molecule has 0 saturated heterocycles. The van der Waals surface area contributed by atoms with E-state index in [2.05, 4.69) is 0 Å². The lowest BCUT2D eigenvalue weighted by molar-refractivity contribution is -0.130. The minimum absolute atomic E-state index is 0.0344. The molecule has 0 bridgehead atoms. The largest absolute Gasteiger partial charge is 0.497 e. The predicted molar refractivity (Wildman–Crippen MR) is 87.5 cm³/mol. The molecule has 4 nitrogen and oxygen atoms in total. The summed E-state index contributed by atoms with van der Waals surface area (Å²) in [4.78, 5) is 14.0. The quantitative estimate of drug-likeness (QED) is 0.892. The van der Waals surface area contributed by atoms with Gasteiger partial charge in [-0.05, 0) is 23.3 Å². The highest BCUT2D eigenvalue weighted by Crippen LogP contribution is 2.16. The summed E-state index contributed by atoms with van der Waals surface area (Å²) in [7, 11) is 3.43. The molecule has 0 spiro atoms. The summed E-state index contributed by atoms with van der Waals surface area (Å²) in [5.74, 6) is 0.844. The van der Waals surface area contributed by atoms with E-state index in [0.29, 0.717) is 13.0 Å². The van der Waals surface area contributed by atoms with Crippen molar-refractivity contribution in [2.45, 2.75) is 19.0 Å². The second-order valence-corrected chi connectivity index (χ2v) is 5.32. The van der Waals surface area contributed by atoms with Crippen LogP contribution in [0.3, 0.4) is 0 Å². The molecule has 1 amide bonds. The Labute approximate surface area is 131 Å². The van der Waals surface area contributed by atoms with E-state index < -0.39 is 0 Å². The Morgan fingerprint density at radius 3 is 2.36 bits per heavy atom. The molecule has 2 aromatic carbocycles. The van der Waals surface area contributed by atoms with E-state index in [0.717, 1.165) is 16.9 Å². The topological polar surface area (TPSA) is 55.6 Å². The van der Waals surface area contributed by atoms with Gasteiger partial charge >= 0.3 is 0 Å². The van der Waals surface area contributed by atoms with Crippen LogP contribution >= 0.6 is 0 Å². The lowest BCUT2D eigenvalue weighted by atomic mass is 10.0. The average molecular weight is 298 g/mol. The average Bonchev–Trinajstić information content (AvgIpc) is 2.56. The molecule has 0 aromatic heterocycles. The molecule has 0 aliphatic heterocycles. The molecule has 2 N–H and O–H groups in total. The van der Waals surface area contributed by atoms with E-state index in [1.54, 1.807) is 19.1 Å². The first-order valence-corrected chi connectivity index (χ1v) is 7.27. The molecular formula is C18H22N2O2. The number of carbonyl (C=O) groups is 1. The Morgan fingerprint density at radius 1 is 1.14 bits per heavy atom. The van der Waals surface area contributed by atoms with Crippen molar-refractivity contribution in [2.75, 3.05) is 14.2 Å². The van der Waals surface area contributed by atoms with Gasteiger partial charge in [-0.2, -0.15) is 0 Å². The first kappa shape index (κ1) is 16.0. The Kier molecular flexibility index (Phi) is 5.55. The van der Waals surface area contributed by atoms with Gasteiger partial charge in [0.25, 0.3) is 0 Å². The van der Waals surface area contributed by atoms with Crippen LogP contribution in [0.2, 0.25) is 0 Å². The zero-order valence-corrected chi connectivity index (χ0v) is 13.0. The van der Waals surface area contributed by atoms with E-state index in [9.17, 15) is 4.79 Å². The van der Waals surface area contributed by atoms with Crippen LogP contribution < -0.4 is 10.5 Å². The highest BCUT2D eigenvalue weighted by molar-refractivity contribution is 5.76. The lowest BCUT2D eigenvalue weighted by Crippen LogP contribution is -2.29. The van der Waals surface area contributed by atoms with Gasteiger partial charge in [0.2, 0.25) is 5.91 Å². The summed E-state index contributed by atoms with van der Waals surface area (Å²) >= 11 is 0. The fourth-order valence-corrected chi connectivity index (χ4v) is 2.26. The van der Waals surface area contributed by atoms with Gasteiger partial charge in [0.05, 0.1) is 7.11 Å². The summed E-state index contributed by atoms with van der Waals surface area (Å²) in [6.07, 6.45) is 0.302. The van der Waals surface area contributed by atoms with E-state index >= 15 is 0 Å². The molecular weight excluding hydrogens is 276 g/mol.